The summed E-state index contributed by atoms with van der Waals surface area (Å²) in [5, 5.41) is 3.55. The van der Waals surface area contributed by atoms with Crippen molar-refractivity contribution in [1.82, 2.24) is 0 Å². The van der Waals surface area contributed by atoms with E-state index in [1.807, 2.05) is 39.0 Å². The van der Waals surface area contributed by atoms with Gasteiger partial charge in [0.2, 0.25) is 0 Å². The fourth-order valence-electron chi connectivity index (χ4n) is 1.35. The summed E-state index contributed by atoms with van der Waals surface area (Å²) in [7, 11) is 0. The molecule has 0 N–H and O–H groups in total. The number of aryl methyl sites for hydroxylation is 2. The van der Waals surface area contributed by atoms with E-state index in [1.165, 1.54) is 0 Å². The molecule has 0 aliphatic heterocycles. The number of ether oxygens (including phenoxy) is 1. The quantitative estimate of drug-likeness (QED) is 0.422. The van der Waals surface area contributed by atoms with Crippen LogP contribution in [0.2, 0.25) is 0 Å². The molecule has 0 amide bonds. The molecule has 0 spiro atoms. The Morgan fingerprint density at radius 2 is 2.00 bits per heavy atom. The van der Waals surface area contributed by atoms with Crippen molar-refractivity contribution < 1.29 is 4.74 Å². The van der Waals surface area contributed by atoms with E-state index in [1.54, 1.807) is 0 Å². The van der Waals surface area contributed by atoms with Gasteiger partial charge in [-0.1, -0.05) is 30.2 Å². The largest absolute Gasteiger partial charge is 0.493 e. The minimum atomic E-state index is -0.144. The number of hydrogen-bond acceptors (Lipinski definition) is 2. The fraction of sp³-hybridized carbons (Fsp3) is 0.455. The van der Waals surface area contributed by atoms with Crippen molar-refractivity contribution in [3.63, 3.8) is 0 Å². The predicted molar refractivity (Wildman–Crippen MR) is 60.0 cm³/mol. The minimum absolute atomic E-state index is 0.144. The first kappa shape index (κ1) is 11.4. The maximum atomic E-state index is 8.25. The third-order valence-electron chi connectivity index (χ3n) is 2.13. The molecule has 0 aliphatic rings. The second-order valence-electron chi connectivity index (χ2n) is 3.59. The SMILES string of the molecule is Cc1cccc(C)c1OCC(C)N=[N+]=[N-]. The smallest absolute Gasteiger partial charge is 0.125 e. The molecule has 15 heavy (non-hydrogen) atoms. The summed E-state index contributed by atoms with van der Waals surface area (Å²) in [5.74, 6) is 0.887. The van der Waals surface area contributed by atoms with Gasteiger partial charge in [0.1, 0.15) is 5.75 Å². The van der Waals surface area contributed by atoms with E-state index in [9.17, 15) is 0 Å². The average molecular weight is 205 g/mol. The van der Waals surface area contributed by atoms with Crippen molar-refractivity contribution in [2.45, 2.75) is 26.8 Å². The van der Waals surface area contributed by atoms with Gasteiger partial charge in [-0.15, -0.1) is 0 Å². The molecule has 0 bridgehead atoms. The summed E-state index contributed by atoms with van der Waals surface area (Å²) in [6, 6.07) is 5.85. The lowest BCUT2D eigenvalue weighted by Gasteiger charge is -2.13. The second kappa shape index (κ2) is 5.27. The van der Waals surface area contributed by atoms with Gasteiger partial charge in [-0.2, -0.15) is 0 Å². The monoisotopic (exact) mass is 205 g/mol. The highest BCUT2D eigenvalue weighted by Crippen LogP contribution is 2.22. The van der Waals surface area contributed by atoms with Crippen LogP contribution in [-0.2, 0) is 0 Å². The molecule has 1 atom stereocenters. The summed E-state index contributed by atoms with van der Waals surface area (Å²) < 4.78 is 5.62. The molecule has 0 heterocycles. The Morgan fingerprint density at radius 3 is 2.53 bits per heavy atom. The molecule has 0 saturated carbocycles. The molecular formula is C11H15N3O. The van der Waals surface area contributed by atoms with E-state index in [-0.39, 0.29) is 6.04 Å². The van der Waals surface area contributed by atoms with Crippen molar-refractivity contribution >= 4 is 0 Å². The fourth-order valence-corrected chi connectivity index (χ4v) is 1.35. The van der Waals surface area contributed by atoms with Crippen molar-refractivity contribution in [3.8, 4) is 5.75 Å². The van der Waals surface area contributed by atoms with E-state index >= 15 is 0 Å². The minimum Gasteiger partial charge on any atom is -0.493 e. The summed E-state index contributed by atoms with van der Waals surface area (Å²) in [4.78, 5) is 2.74. The summed E-state index contributed by atoms with van der Waals surface area (Å²) in [6.07, 6.45) is 0. The first-order chi connectivity index (χ1) is 7.15. The first-order valence-corrected chi connectivity index (χ1v) is 4.88. The van der Waals surface area contributed by atoms with Gasteiger partial charge >= 0.3 is 0 Å². The lowest BCUT2D eigenvalue weighted by molar-refractivity contribution is 0.292. The van der Waals surface area contributed by atoms with Gasteiger partial charge in [0.05, 0.1) is 12.6 Å². The number of hydrogen-bond donors (Lipinski definition) is 0. The van der Waals surface area contributed by atoms with Crippen molar-refractivity contribution in [1.29, 1.82) is 0 Å². The highest BCUT2D eigenvalue weighted by Gasteiger charge is 2.05. The van der Waals surface area contributed by atoms with Crippen LogP contribution in [0.25, 0.3) is 10.4 Å². The molecule has 1 aromatic rings. The number of azide groups is 1. The van der Waals surface area contributed by atoms with E-state index in [4.69, 9.17) is 10.3 Å². The molecule has 0 aliphatic carbocycles. The Labute approximate surface area is 89.5 Å². The Morgan fingerprint density at radius 1 is 1.40 bits per heavy atom. The molecule has 1 rings (SSSR count). The zero-order chi connectivity index (χ0) is 11.3. The predicted octanol–water partition coefficient (Wildman–Crippen LogP) is 3.38. The molecule has 0 saturated heterocycles. The average Bonchev–Trinajstić information content (AvgIpc) is 2.17. The van der Waals surface area contributed by atoms with Crippen molar-refractivity contribution in [2.75, 3.05) is 6.61 Å². The summed E-state index contributed by atoms with van der Waals surface area (Å²) >= 11 is 0. The van der Waals surface area contributed by atoms with Crippen molar-refractivity contribution in [3.05, 3.63) is 39.8 Å². The molecule has 0 fully saturated rings. The molecule has 80 valence electrons. The van der Waals surface area contributed by atoms with Gasteiger partial charge in [-0.25, -0.2) is 0 Å². The van der Waals surface area contributed by atoms with Crippen LogP contribution in [0.4, 0.5) is 0 Å². The first-order valence-electron chi connectivity index (χ1n) is 4.88. The van der Waals surface area contributed by atoms with Crippen LogP contribution < -0.4 is 4.74 Å². The Bertz CT molecular complexity index is 363. The lowest BCUT2D eigenvalue weighted by Crippen LogP contribution is -2.12. The van der Waals surface area contributed by atoms with Gasteiger partial charge < -0.3 is 4.74 Å². The van der Waals surface area contributed by atoms with E-state index in [2.05, 4.69) is 10.0 Å². The van der Waals surface area contributed by atoms with Gasteiger partial charge in [0.15, 0.2) is 0 Å². The van der Waals surface area contributed by atoms with E-state index in [0.717, 1.165) is 16.9 Å². The van der Waals surface area contributed by atoms with E-state index < -0.39 is 0 Å². The van der Waals surface area contributed by atoms with Crippen LogP contribution in [0.3, 0.4) is 0 Å². The normalized spacial score (nSPS) is 11.7. The molecule has 0 aromatic heterocycles. The maximum absolute atomic E-state index is 8.25. The molecular weight excluding hydrogens is 190 g/mol. The van der Waals surface area contributed by atoms with Crippen LogP contribution in [0.5, 0.6) is 5.75 Å². The highest BCUT2D eigenvalue weighted by molar-refractivity contribution is 5.39. The molecule has 1 aromatic carbocycles. The van der Waals surface area contributed by atoms with Crippen LogP contribution in [0.1, 0.15) is 18.1 Å². The Kier molecular flexibility index (Phi) is 4.01. The Hall–Kier alpha value is -1.67. The molecule has 0 radical (unpaired) electrons. The molecule has 4 heteroatoms. The van der Waals surface area contributed by atoms with Crippen LogP contribution >= 0.6 is 0 Å². The zero-order valence-corrected chi connectivity index (χ0v) is 9.27. The third kappa shape index (κ3) is 3.18. The Balaban J connectivity index is 2.69. The standard InChI is InChI=1S/C11H15N3O/c1-8-5-4-6-9(2)11(8)15-7-10(3)13-14-12/h4-6,10H,7H2,1-3H3. The van der Waals surface area contributed by atoms with E-state index in [0.29, 0.717) is 6.61 Å². The number of benzene rings is 1. The van der Waals surface area contributed by atoms with Gasteiger partial charge in [0.25, 0.3) is 0 Å². The maximum Gasteiger partial charge on any atom is 0.125 e. The van der Waals surface area contributed by atoms with Crippen LogP contribution in [-0.4, -0.2) is 12.6 Å². The van der Waals surface area contributed by atoms with Gasteiger partial charge in [0, 0.05) is 4.91 Å². The molecule has 1 unspecified atom stereocenters. The summed E-state index contributed by atoms with van der Waals surface area (Å²) in [5.41, 5.74) is 10.4. The van der Waals surface area contributed by atoms with Crippen LogP contribution in [0, 0.1) is 13.8 Å². The summed E-state index contributed by atoms with van der Waals surface area (Å²) in [6.45, 7) is 6.24. The van der Waals surface area contributed by atoms with Gasteiger partial charge in [-0.3, -0.25) is 0 Å². The number of nitrogens with zero attached hydrogens (tertiary/aromatic N) is 3. The number of rotatable bonds is 4. The zero-order valence-electron chi connectivity index (χ0n) is 9.27. The van der Waals surface area contributed by atoms with Crippen LogP contribution in [0.15, 0.2) is 23.3 Å². The highest BCUT2D eigenvalue weighted by atomic mass is 16.5. The second-order valence-corrected chi connectivity index (χ2v) is 3.59. The topological polar surface area (TPSA) is 58.0 Å². The lowest BCUT2D eigenvalue weighted by atomic mass is 10.1. The molecule has 4 nitrogen and oxygen atoms in total. The third-order valence-corrected chi connectivity index (χ3v) is 2.13. The number of para-hydroxylation sites is 1. The van der Waals surface area contributed by atoms with Gasteiger partial charge in [-0.05, 0) is 30.5 Å². The van der Waals surface area contributed by atoms with Crippen molar-refractivity contribution in [2.24, 2.45) is 5.11 Å².